The van der Waals surface area contributed by atoms with Crippen LogP contribution in [0.5, 0.6) is 0 Å². The Morgan fingerprint density at radius 2 is 1.96 bits per heavy atom. The lowest BCUT2D eigenvalue weighted by atomic mass is 10.1. The van der Waals surface area contributed by atoms with Gasteiger partial charge in [0, 0.05) is 23.0 Å². The number of carbonyl (C=O) groups excluding carboxylic acids is 2. The lowest BCUT2D eigenvalue weighted by Gasteiger charge is -2.17. The van der Waals surface area contributed by atoms with Crippen molar-refractivity contribution in [3.63, 3.8) is 0 Å². The molecule has 126 valence electrons. The highest BCUT2D eigenvalue weighted by molar-refractivity contribution is 6.03. The third-order valence-electron chi connectivity index (χ3n) is 4.33. The Hall–Kier alpha value is -2.63. The number of fused-ring (bicyclic) bond motifs is 1. The highest BCUT2D eigenvalue weighted by atomic mass is 16.5. The fraction of sp³-hybridized carbons (Fsp3) is 0.389. The zero-order chi connectivity index (χ0) is 17.1. The van der Waals surface area contributed by atoms with Crippen molar-refractivity contribution in [2.75, 3.05) is 0 Å². The fourth-order valence-corrected chi connectivity index (χ4v) is 3.04. The van der Waals surface area contributed by atoms with Gasteiger partial charge in [-0.3, -0.25) is 9.59 Å². The van der Waals surface area contributed by atoms with Crippen molar-refractivity contribution in [2.24, 2.45) is 0 Å². The van der Waals surface area contributed by atoms with E-state index in [1.807, 2.05) is 0 Å². The van der Waals surface area contributed by atoms with Crippen LogP contribution < -0.4 is 10.9 Å². The number of benzene rings is 1. The molecule has 1 heterocycles. The highest BCUT2D eigenvalue weighted by Crippen LogP contribution is 2.19. The second-order valence-electron chi connectivity index (χ2n) is 6.13. The molecule has 1 fully saturated rings. The number of ether oxygens (including phenoxy) is 1. The van der Waals surface area contributed by atoms with Crippen LogP contribution in [0.3, 0.4) is 0 Å². The number of esters is 1. The molecule has 1 saturated carbocycles. The molecular weight excluding hydrogens is 308 g/mol. The maximum Gasteiger partial charge on any atom is 0.339 e. The van der Waals surface area contributed by atoms with Crippen LogP contribution in [0.1, 0.15) is 43.0 Å². The number of pyridine rings is 1. The molecule has 0 unspecified atom stereocenters. The molecular formula is C18H20N2O4. The third-order valence-corrected chi connectivity index (χ3v) is 4.33. The predicted octanol–water partition coefficient (Wildman–Crippen LogP) is 2.13. The third kappa shape index (κ3) is 3.48. The largest absolute Gasteiger partial charge is 0.449 e. The van der Waals surface area contributed by atoms with E-state index < -0.39 is 12.1 Å². The summed E-state index contributed by atoms with van der Waals surface area (Å²) < 4.78 is 5.27. The van der Waals surface area contributed by atoms with E-state index in [9.17, 15) is 14.4 Å². The zero-order valence-electron chi connectivity index (χ0n) is 13.5. The molecule has 2 N–H and O–H groups in total. The molecule has 2 aromatic rings. The zero-order valence-corrected chi connectivity index (χ0v) is 13.5. The first kappa shape index (κ1) is 16.2. The van der Waals surface area contributed by atoms with Crippen molar-refractivity contribution in [1.29, 1.82) is 0 Å². The van der Waals surface area contributed by atoms with Gasteiger partial charge in [0.1, 0.15) is 0 Å². The van der Waals surface area contributed by atoms with Gasteiger partial charge in [-0.15, -0.1) is 0 Å². The lowest BCUT2D eigenvalue weighted by Crippen LogP contribution is -2.40. The van der Waals surface area contributed by atoms with E-state index in [2.05, 4.69) is 10.3 Å². The van der Waals surface area contributed by atoms with Crippen molar-refractivity contribution in [2.45, 2.75) is 44.8 Å². The van der Waals surface area contributed by atoms with Gasteiger partial charge in [0.05, 0.1) is 5.56 Å². The van der Waals surface area contributed by atoms with Crippen molar-refractivity contribution >= 4 is 22.8 Å². The molecule has 0 spiro atoms. The summed E-state index contributed by atoms with van der Waals surface area (Å²) in [6.45, 7) is 1.54. The summed E-state index contributed by atoms with van der Waals surface area (Å²) in [6.07, 6.45) is 3.24. The van der Waals surface area contributed by atoms with Gasteiger partial charge < -0.3 is 15.0 Å². The van der Waals surface area contributed by atoms with Gasteiger partial charge in [-0.05, 0) is 25.8 Å². The molecule has 0 bridgehead atoms. The standard InChI is InChI=1S/C18H20N2O4/c1-11(17(22)19-12-6-2-3-7-12)24-18(23)14-10-16(21)20-15-9-5-4-8-13(14)15/h4-5,8-12H,2-3,6-7H2,1H3,(H,19,22)(H,20,21)/t11-/m1/s1. The summed E-state index contributed by atoms with van der Waals surface area (Å²) >= 11 is 0. The Labute approximate surface area is 139 Å². The van der Waals surface area contributed by atoms with E-state index in [1.165, 1.54) is 13.0 Å². The predicted molar refractivity (Wildman–Crippen MR) is 89.8 cm³/mol. The monoisotopic (exact) mass is 328 g/mol. The van der Waals surface area contributed by atoms with Crippen LogP contribution in [0, 0.1) is 0 Å². The maximum atomic E-state index is 12.4. The van der Waals surface area contributed by atoms with Crippen LogP contribution in [0.25, 0.3) is 10.9 Å². The van der Waals surface area contributed by atoms with Crippen LogP contribution in [-0.4, -0.2) is 29.0 Å². The highest BCUT2D eigenvalue weighted by Gasteiger charge is 2.24. The molecule has 0 radical (unpaired) electrons. The van der Waals surface area contributed by atoms with Crippen molar-refractivity contribution < 1.29 is 14.3 Å². The SMILES string of the molecule is C[C@@H](OC(=O)c1cc(=O)[nH]c2ccccc12)C(=O)NC1CCCC1. The van der Waals surface area contributed by atoms with E-state index in [0.717, 1.165) is 25.7 Å². The van der Waals surface area contributed by atoms with Crippen LogP contribution in [-0.2, 0) is 9.53 Å². The lowest BCUT2D eigenvalue weighted by molar-refractivity contribution is -0.129. The fourth-order valence-electron chi connectivity index (χ4n) is 3.04. The molecule has 1 aromatic heterocycles. The number of hydrogen-bond acceptors (Lipinski definition) is 4. The number of amides is 1. The van der Waals surface area contributed by atoms with E-state index in [0.29, 0.717) is 10.9 Å². The summed E-state index contributed by atoms with van der Waals surface area (Å²) in [5.74, 6) is -0.976. The number of carbonyl (C=O) groups is 2. The number of hydrogen-bond donors (Lipinski definition) is 2. The molecule has 0 saturated heterocycles. The number of para-hydroxylation sites is 1. The first-order valence-electron chi connectivity index (χ1n) is 8.18. The van der Waals surface area contributed by atoms with Crippen molar-refractivity contribution in [3.8, 4) is 0 Å². The van der Waals surface area contributed by atoms with E-state index >= 15 is 0 Å². The van der Waals surface area contributed by atoms with Gasteiger partial charge in [0.2, 0.25) is 5.56 Å². The van der Waals surface area contributed by atoms with Gasteiger partial charge in [-0.2, -0.15) is 0 Å². The molecule has 3 rings (SSSR count). The molecule has 0 aliphatic heterocycles. The topological polar surface area (TPSA) is 88.3 Å². The van der Waals surface area contributed by atoms with Gasteiger partial charge in [0.15, 0.2) is 6.10 Å². The van der Waals surface area contributed by atoms with Crippen LogP contribution in [0.15, 0.2) is 35.1 Å². The van der Waals surface area contributed by atoms with E-state index in [1.54, 1.807) is 24.3 Å². The second kappa shape index (κ2) is 6.86. The van der Waals surface area contributed by atoms with Crippen molar-refractivity contribution in [3.05, 3.63) is 46.2 Å². The minimum atomic E-state index is -0.906. The number of rotatable bonds is 4. The summed E-state index contributed by atoms with van der Waals surface area (Å²) in [4.78, 5) is 38.9. The minimum absolute atomic E-state index is 0.162. The number of H-pyrrole nitrogens is 1. The van der Waals surface area contributed by atoms with Gasteiger partial charge >= 0.3 is 5.97 Å². The Kier molecular flexibility index (Phi) is 4.64. The average Bonchev–Trinajstić information content (AvgIpc) is 3.06. The normalized spacial score (nSPS) is 16.0. The van der Waals surface area contributed by atoms with E-state index in [-0.39, 0.29) is 23.1 Å². The van der Waals surface area contributed by atoms with Crippen LogP contribution in [0.4, 0.5) is 0 Å². The van der Waals surface area contributed by atoms with E-state index in [4.69, 9.17) is 4.74 Å². The Morgan fingerprint density at radius 3 is 2.71 bits per heavy atom. The van der Waals surface area contributed by atoms with Gasteiger partial charge in [-0.1, -0.05) is 31.0 Å². The molecule has 1 aromatic carbocycles. The number of aromatic amines is 1. The quantitative estimate of drug-likeness (QED) is 0.842. The maximum absolute atomic E-state index is 12.4. The number of aromatic nitrogens is 1. The molecule has 24 heavy (non-hydrogen) atoms. The first-order valence-corrected chi connectivity index (χ1v) is 8.18. The summed E-state index contributed by atoms with van der Waals surface area (Å²) in [5.41, 5.74) is 0.332. The molecule has 6 nitrogen and oxygen atoms in total. The molecule has 1 aliphatic rings. The van der Waals surface area contributed by atoms with Gasteiger partial charge in [0.25, 0.3) is 5.91 Å². The molecule has 1 amide bonds. The minimum Gasteiger partial charge on any atom is -0.449 e. The number of nitrogens with one attached hydrogen (secondary N) is 2. The Bertz CT molecular complexity index is 821. The smallest absolute Gasteiger partial charge is 0.339 e. The van der Waals surface area contributed by atoms with Crippen molar-refractivity contribution in [1.82, 2.24) is 10.3 Å². The Balaban J connectivity index is 1.74. The average molecular weight is 328 g/mol. The van der Waals surface area contributed by atoms with Crippen LogP contribution >= 0.6 is 0 Å². The molecule has 1 atom stereocenters. The van der Waals surface area contributed by atoms with Gasteiger partial charge in [-0.25, -0.2) is 4.79 Å². The second-order valence-corrected chi connectivity index (χ2v) is 6.13. The summed E-state index contributed by atoms with van der Waals surface area (Å²) in [7, 11) is 0. The Morgan fingerprint density at radius 1 is 1.25 bits per heavy atom. The summed E-state index contributed by atoms with van der Waals surface area (Å²) in [5, 5.41) is 3.49. The van der Waals surface area contributed by atoms with Crippen LogP contribution in [0.2, 0.25) is 0 Å². The summed E-state index contributed by atoms with van der Waals surface area (Å²) in [6, 6.07) is 8.35. The molecule has 6 heteroatoms. The first-order chi connectivity index (χ1) is 11.5. The molecule has 1 aliphatic carbocycles.